The third-order valence-corrected chi connectivity index (χ3v) is 5.29. The Morgan fingerprint density at radius 2 is 1.71 bits per heavy atom. The molecule has 1 aliphatic carbocycles. The predicted octanol–water partition coefficient (Wildman–Crippen LogP) is 3.47. The van der Waals surface area contributed by atoms with Gasteiger partial charge in [-0.1, -0.05) is 73.3 Å². The normalized spacial score (nSPS) is 17.7. The molecule has 2 N–H and O–H groups in total. The first-order valence-electron chi connectivity index (χ1n) is 9.42. The van der Waals surface area contributed by atoms with E-state index in [4.69, 9.17) is 0 Å². The molecule has 0 aliphatic heterocycles. The fourth-order valence-corrected chi connectivity index (χ4v) is 4.00. The lowest BCUT2D eigenvalue weighted by molar-refractivity contribution is -0.122. The van der Waals surface area contributed by atoms with Gasteiger partial charge in [0.1, 0.15) is 0 Å². The Labute approximate surface area is 164 Å². The SMILES string of the molecule is C=CC(=O)N[C@@H]1c2ccccc2C[C@H]1NC(=O)Cc1cccc2ccccc12. The summed E-state index contributed by atoms with van der Waals surface area (Å²) < 4.78 is 0. The summed E-state index contributed by atoms with van der Waals surface area (Å²) in [6.07, 6.45) is 2.26. The monoisotopic (exact) mass is 370 g/mol. The van der Waals surface area contributed by atoms with E-state index in [9.17, 15) is 9.59 Å². The van der Waals surface area contributed by atoms with Crippen molar-refractivity contribution in [3.05, 3.63) is 96.1 Å². The molecule has 0 saturated heterocycles. The molecule has 140 valence electrons. The van der Waals surface area contributed by atoms with Crippen molar-refractivity contribution in [2.24, 2.45) is 0 Å². The van der Waals surface area contributed by atoms with E-state index in [1.165, 1.54) is 6.08 Å². The summed E-state index contributed by atoms with van der Waals surface area (Å²) in [5, 5.41) is 8.30. The van der Waals surface area contributed by atoms with Crippen molar-refractivity contribution in [1.82, 2.24) is 10.6 Å². The van der Waals surface area contributed by atoms with Crippen LogP contribution in [0.4, 0.5) is 0 Å². The summed E-state index contributed by atoms with van der Waals surface area (Å²) >= 11 is 0. The number of carbonyl (C=O) groups excluding carboxylic acids is 2. The lowest BCUT2D eigenvalue weighted by Crippen LogP contribution is -2.44. The standard InChI is InChI=1S/C24H22N2O2/c1-2-22(27)26-24-20-13-6-4-9-17(20)14-21(24)25-23(28)15-18-11-7-10-16-8-3-5-12-19(16)18/h2-13,21,24H,1,14-15H2,(H,25,28)(H,26,27)/t21-,24-/m1/s1. The van der Waals surface area contributed by atoms with Crippen molar-refractivity contribution in [3.8, 4) is 0 Å². The van der Waals surface area contributed by atoms with Gasteiger partial charge in [0.25, 0.3) is 0 Å². The maximum Gasteiger partial charge on any atom is 0.243 e. The summed E-state index contributed by atoms with van der Waals surface area (Å²) in [5.74, 6) is -0.290. The third kappa shape index (κ3) is 3.54. The fourth-order valence-electron chi connectivity index (χ4n) is 4.00. The molecule has 28 heavy (non-hydrogen) atoms. The van der Waals surface area contributed by atoms with Crippen molar-refractivity contribution in [2.45, 2.75) is 24.9 Å². The van der Waals surface area contributed by atoms with Gasteiger partial charge in [-0.25, -0.2) is 0 Å². The number of fused-ring (bicyclic) bond motifs is 2. The number of benzene rings is 3. The van der Waals surface area contributed by atoms with Crippen LogP contribution in [0.5, 0.6) is 0 Å². The molecular formula is C24H22N2O2. The summed E-state index contributed by atoms with van der Waals surface area (Å²) in [7, 11) is 0. The molecular weight excluding hydrogens is 348 g/mol. The molecule has 1 aliphatic rings. The van der Waals surface area contributed by atoms with E-state index >= 15 is 0 Å². The maximum atomic E-state index is 12.8. The highest BCUT2D eigenvalue weighted by Crippen LogP contribution is 2.31. The number of hydrogen-bond acceptors (Lipinski definition) is 2. The summed E-state index contributed by atoms with van der Waals surface area (Å²) in [5.41, 5.74) is 3.19. The smallest absolute Gasteiger partial charge is 0.243 e. The average molecular weight is 370 g/mol. The van der Waals surface area contributed by atoms with Gasteiger partial charge < -0.3 is 10.6 Å². The van der Waals surface area contributed by atoms with Crippen molar-refractivity contribution in [2.75, 3.05) is 0 Å². The van der Waals surface area contributed by atoms with Crippen molar-refractivity contribution in [3.63, 3.8) is 0 Å². The molecule has 0 saturated carbocycles. The zero-order valence-corrected chi connectivity index (χ0v) is 15.5. The van der Waals surface area contributed by atoms with Crippen molar-refractivity contribution in [1.29, 1.82) is 0 Å². The molecule has 3 aromatic rings. The quantitative estimate of drug-likeness (QED) is 0.676. The molecule has 4 heteroatoms. The van der Waals surface area contributed by atoms with Crippen LogP contribution < -0.4 is 10.6 Å². The van der Waals surface area contributed by atoms with Gasteiger partial charge in [-0.3, -0.25) is 9.59 Å². The van der Waals surface area contributed by atoms with Crippen LogP contribution in [0.3, 0.4) is 0 Å². The molecule has 3 aromatic carbocycles. The minimum Gasteiger partial charge on any atom is -0.350 e. The highest BCUT2D eigenvalue weighted by atomic mass is 16.2. The fraction of sp³-hybridized carbons (Fsp3) is 0.167. The largest absolute Gasteiger partial charge is 0.350 e. The summed E-state index contributed by atoms with van der Waals surface area (Å²) in [6, 6.07) is 21.6. The second kappa shape index (κ2) is 7.69. The van der Waals surface area contributed by atoms with Crippen LogP contribution in [0, 0.1) is 0 Å². The Hall–Kier alpha value is -3.40. The van der Waals surface area contributed by atoms with Crippen LogP contribution in [0.25, 0.3) is 10.8 Å². The van der Waals surface area contributed by atoms with Crippen LogP contribution >= 0.6 is 0 Å². The number of nitrogens with one attached hydrogen (secondary N) is 2. The number of amides is 2. The molecule has 0 radical (unpaired) electrons. The lowest BCUT2D eigenvalue weighted by Gasteiger charge is -2.22. The molecule has 0 fully saturated rings. The van der Waals surface area contributed by atoms with E-state index < -0.39 is 0 Å². The Bertz CT molecular complexity index is 1050. The Kier molecular flexibility index (Phi) is 4.94. The molecule has 0 spiro atoms. The van der Waals surface area contributed by atoms with Crippen LogP contribution in [0.15, 0.2) is 79.4 Å². The van der Waals surface area contributed by atoms with Gasteiger partial charge in [-0.05, 0) is 40.0 Å². The van der Waals surface area contributed by atoms with E-state index in [1.807, 2.05) is 66.7 Å². The second-order valence-corrected chi connectivity index (χ2v) is 7.08. The summed E-state index contributed by atoms with van der Waals surface area (Å²) in [6.45, 7) is 3.53. The molecule has 0 unspecified atom stereocenters. The molecule has 4 rings (SSSR count). The Balaban J connectivity index is 1.53. The second-order valence-electron chi connectivity index (χ2n) is 7.08. The van der Waals surface area contributed by atoms with Crippen LogP contribution in [0.2, 0.25) is 0 Å². The zero-order chi connectivity index (χ0) is 19.5. The first-order chi connectivity index (χ1) is 13.7. The van der Waals surface area contributed by atoms with E-state index in [2.05, 4.69) is 17.2 Å². The first-order valence-corrected chi connectivity index (χ1v) is 9.42. The molecule has 0 aromatic heterocycles. The van der Waals surface area contributed by atoms with Gasteiger partial charge in [-0.15, -0.1) is 0 Å². The van der Waals surface area contributed by atoms with Gasteiger partial charge in [-0.2, -0.15) is 0 Å². The van der Waals surface area contributed by atoms with Crippen LogP contribution in [-0.2, 0) is 22.4 Å². The number of hydrogen-bond donors (Lipinski definition) is 2. The molecule has 4 nitrogen and oxygen atoms in total. The molecule has 0 heterocycles. The molecule has 2 atom stereocenters. The Morgan fingerprint density at radius 1 is 0.964 bits per heavy atom. The van der Waals surface area contributed by atoms with Gasteiger partial charge in [0, 0.05) is 0 Å². The zero-order valence-electron chi connectivity index (χ0n) is 15.5. The number of carbonyl (C=O) groups is 2. The number of rotatable bonds is 5. The Morgan fingerprint density at radius 3 is 2.57 bits per heavy atom. The lowest BCUT2D eigenvalue weighted by atomic mass is 10.0. The van der Waals surface area contributed by atoms with E-state index in [1.54, 1.807) is 0 Å². The first kappa shape index (κ1) is 18.0. The third-order valence-electron chi connectivity index (χ3n) is 5.29. The molecule has 2 amide bonds. The van der Waals surface area contributed by atoms with E-state index in [0.717, 1.165) is 27.5 Å². The minimum absolute atomic E-state index is 0.0491. The summed E-state index contributed by atoms with van der Waals surface area (Å²) in [4.78, 5) is 24.7. The van der Waals surface area contributed by atoms with Crippen LogP contribution in [-0.4, -0.2) is 17.9 Å². The highest BCUT2D eigenvalue weighted by molar-refractivity contribution is 5.90. The predicted molar refractivity (Wildman–Crippen MR) is 111 cm³/mol. The minimum atomic E-state index is -0.252. The van der Waals surface area contributed by atoms with Gasteiger partial charge in [0.05, 0.1) is 18.5 Å². The van der Waals surface area contributed by atoms with Gasteiger partial charge in [0.2, 0.25) is 11.8 Å². The maximum absolute atomic E-state index is 12.8. The van der Waals surface area contributed by atoms with Gasteiger partial charge in [0.15, 0.2) is 0 Å². The van der Waals surface area contributed by atoms with E-state index in [-0.39, 0.29) is 23.9 Å². The highest BCUT2D eigenvalue weighted by Gasteiger charge is 2.34. The van der Waals surface area contributed by atoms with E-state index in [0.29, 0.717) is 12.8 Å². The van der Waals surface area contributed by atoms with Crippen molar-refractivity contribution < 1.29 is 9.59 Å². The molecule has 0 bridgehead atoms. The van der Waals surface area contributed by atoms with Gasteiger partial charge >= 0.3 is 0 Å². The van der Waals surface area contributed by atoms with Crippen molar-refractivity contribution >= 4 is 22.6 Å². The topological polar surface area (TPSA) is 58.2 Å². The van der Waals surface area contributed by atoms with Crippen LogP contribution in [0.1, 0.15) is 22.7 Å². The average Bonchev–Trinajstić information content (AvgIpc) is 3.05.